The maximum absolute atomic E-state index is 12.2. The number of amides is 1. The molecule has 2 aromatic carbocycles. The minimum atomic E-state index is -0.138. The summed E-state index contributed by atoms with van der Waals surface area (Å²) in [5.41, 5.74) is 2.48. The molecule has 5 heteroatoms. The molecule has 3 rings (SSSR count). The molecule has 26 heavy (non-hydrogen) atoms. The average Bonchev–Trinajstić information content (AvgIpc) is 3.17. The zero-order valence-electron chi connectivity index (χ0n) is 15.1. The third-order valence-corrected chi connectivity index (χ3v) is 5.04. The van der Waals surface area contributed by atoms with Crippen LogP contribution in [0.5, 0.6) is 5.75 Å². The highest BCUT2D eigenvalue weighted by atomic mass is 35.5. The molecular weight excluding hydrogens is 348 g/mol. The number of para-hydroxylation sites is 1. The van der Waals surface area contributed by atoms with Gasteiger partial charge in [-0.15, -0.1) is 0 Å². The molecule has 1 amide bonds. The number of nitrogens with one attached hydrogen (secondary N) is 1. The lowest BCUT2D eigenvalue weighted by Crippen LogP contribution is -2.38. The lowest BCUT2D eigenvalue weighted by molar-refractivity contribution is -0.123. The van der Waals surface area contributed by atoms with Crippen molar-refractivity contribution in [2.24, 2.45) is 0 Å². The van der Waals surface area contributed by atoms with E-state index in [0.717, 1.165) is 13.1 Å². The summed E-state index contributed by atoms with van der Waals surface area (Å²) in [4.78, 5) is 14.7. The van der Waals surface area contributed by atoms with Crippen LogP contribution in [0.1, 0.15) is 30.0 Å². The van der Waals surface area contributed by atoms with Gasteiger partial charge in [0.2, 0.25) is 0 Å². The van der Waals surface area contributed by atoms with Gasteiger partial charge in [0.05, 0.1) is 11.1 Å². The Balaban J connectivity index is 1.57. The Labute approximate surface area is 160 Å². The molecule has 0 saturated carbocycles. The van der Waals surface area contributed by atoms with Crippen LogP contribution in [0.4, 0.5) is 0 Å². The second-order valence-corrected chi connectivity index (χ2v) is 7.10. The number of ether oxygens (including phenoxy) is 1. The van der Waals surface area contributed by atoms with Gasteiger partial charge in [-0.25, -0.2) is 0 Å². The molecule has 1 aliphatic rings. The standard InChI is InChI=1S/C21H25ClN2O2/c1-16-8-10-17(11-9-16)19(24-12-4-5-13-24)14-23-21(25)15-26-20-7-3-2-6-18(20)22/h2-3,6-11,19H,4-5,12-15H2,1H3,(H,23,25)/t19-/m0/s1. The number of likely N-dealkylation sites (tertiary alicyclic amines) is 1. The number of rotatable bonds is 7. The second-order valence-electron chi connectivity index (χ2n) is 6.69. The van der Waals surface area contributed by atoms with Gasteiger partial charge in [0.25, 0.3) is 5.91 Å². The van der Waals surface area contributed by atoms with Gasteiger partial charge in [0.1, 0.15) is 5.75 Å². The molecule has 0 bridgehead atoms. The normalized spacial score (nSPS) is 15.6. The van der Waals surface area contributed by atoms with Gasteiger partial charge in [-0.05, 0) is 50.6 Å². The molecule has 0 radical (unpaired) electrons. The van der Waals surface area contributed by atoms with Crippen LogP contribution < -0.4 is 10.1 Å². The maximum atomic E-state index is 12.2. The Bertz CT molecular complexity index is 727. The number of benzene rings is 2. The minimum absolute atomic E-state index is 0.0374. The van der Waals surface area contributed by atoms with E-state index in [1.807, 2.05) is 12.1 Å². The van der Waals surface area contributed by atoms with Gasteiger partial charge < -0.3 is 10.1 Å². The first-order valence-corrected chi connectivity index (χ1v) is 9.46. The number of carbonyl (C=O) groups is 1. The number of aryl methyl sites for hydroxylation is 1. The third-order valence-electron chi connectivity index (χ3n) is 4.73. The molecule has 2 aromatic rings. The number of hydrogen-bond acceptors (Lipinski definition) is 3. The smallest absolute Gasteiger partial charge is 0.258 e. The SMILES string of the molecule is Cc1ccc([C@H](CNC(=O)COc2ccccc2Cl)N2CCCC2)cc1. The van der Waals surface area contributed by atoms with Crippen LogP contribution in [-0.2, 0) is 4.79 Å². The van der Waals surface area contributed by atoms with Crippen molar-refractivity contribution >= 4 is 17.5 Å². The van der Waals surface area contributed by atoms with Crippen molar-refractivity contribution in [3.05, 3.63) is 64.7 Å². The third kappa shape index (κ3) is 4.99. The number of carbonyl (C=O) groups excluding carboxylic acids is 1. The van der Waals surface area contributed by atoms with Crippen LogP contribution in [0.3, 0.4) is 0 Å². The van der Waals surface area contributed by atoms with Crippen LogP contribution >= 0.6 is 11.6 Å². The van der Waals surface area contributed by atoms with Crippen molar-refractivity contribution in [3.63, 3.8) is 0 Å². The van der Waals surface area contributed by atoms with Crippen LogP contribution in [-0.4, -0.2) is 37.0 Å². The van der Waals surface area contributed by atoms with E-state index in [4.69, 9.17) is 16.3 Å². The molecular formula is C21H25ClN2O2. The Morgan fingerprint density at radius 3 is 2.54 bits per heavy atom. The fraction of sp³-hybridized carbons (Fsp3) is 0.381. The van der Waals surface area contributed by atoms with E-state index in [-0.39, 0.29) is 18.6 Å². The molecule has 0 spiro atoms. The molecule has 1 saturated heterocycles. The Morgan fingerprint density at radius 2 is 1.85 bits per heavy atom. The van der Waals surface area contributed by atoms with Gasteiger partial charge in [0, 0.05) is 6.54 Å². The van der Waals surface area contributed by atoms with Crippen LogP contribution in [0.2, 0.25) is 5.02 Å². The first-order valence-electron chi connectivity index (χ1n) is 9.08. The Hall–Kier alpha value is -2.04. The van der Waals surface area contributed by atoms with Crippen molar-refractivity contribution in [1.29, 1.82) is 0 Å². The minimum Gasteiger partial charge on any atom is -0.482 e. The van der Waals surface area contributed by atoms with E-state index < -0.39 is 0 Å². The first kappa shape index (κ1) is 18.7. The second kappa shape index (κ2) is 9.06. The van der Waals surface area contributed by atoms with Gasteiger partial charge in [-0.3, -0.25) is 9.69 Å². The highest BCUT2D eigenvalue weighted by Crippen LogP contribution is 2.25. The zero-order chi connectivity index (χ0) is 18.4. The molecule has 1 N–H and O–H groups in total. The van der Waals surface area contributed by atoms with Crippen molar-refractivity contribution in [2.45, 2.75) is 25.8 Å². The number of hydrogen-bond donors (Lipinski definition) is 1. The summed E-state index contributed by atoms with van der Waals surface area (Å²) in [6, 6.07) is 15.9. The Morgan fingerprint density at radius 1 is 1.15 bits per heavy atom. The molecule has 138 valence electrons. The van der Waals surface area contributed by atoms with Crippen LogP contribution in [0, 0.1) is 6.92 Å². The molecule has 1 heterocycles. The van der Waals surface area contributed by atoms with E-state index in [0.29, 0.717) is 17.3 Å². The summed E-state index contributed by atoms with van der Waals surface area (Å²) < 4.78 is 5.52. The van der Waals surface area contributed by atoms with E-state index >= 15 is 0 Å². The highest BCUT2D eigenvalue weighted by molar-refractivity contribution is 6.32. The maximum Gasteiger partial charge on any atom is 0.258 e. The molecule has 1 fully saturated rings. The van der Waals surface area contributed by atoms with Crippen molar-refractivity contribution in [2.75, 3.05) is 26.2 Å². The van der Waals surface area contributed by atoms with E-state index in [2.05, 4.69) is 41.4 Å². The number of nitrogens with zero attached hydrogens (tertiary/aromatic N) is 1. The molecule has 0 unspecified atom stereocenters. The van der Waals surface area contributed by atoms with Gasteiger partial charge in [-0.2, -0.15) is 0 Å². The largest absolute Gasteiger partial charge is 0.482 e. The predicted molar refractivity (Wildman–Crippen MR) is 105 cm³/mol. The molecule has 1 aliphatic heterocycles. The fourth-order valence-electron chi connectivity index (χ4n) is 3.27. The lowest BCUT2D eigenvalue weighted by atomic mass is 10.0. The lowest BCUT2D eigenvalue weighted by Gasteiger charge is -2.28. The summed E-state index contributed by atoms with van der Waals surface area (Å²) in [7, 11) is 0. The number of halogens is 1. The van der Waals surface area contributed by atoms with Crippen molar-refractivity contribution in [3.8, 4) is 5.75 Å². The fourth-order valence-corrected chi connectivity index (χ4v) is 3.46. The van der Waals surface area contributed by atoms with Gasteiger partial charge in [0.15, 0.2) is 6.61 Å². The summed E-state index contributed by atoms with van der Waals surface area (Å²) >= 11 is 6.05. The van der Waals surface area contributed by atoms with E-state index in [1.54, 1.807) is 12.1 Å². The zero-order valence-corrected chi connectivity index (χ0v) is 15.8. The van der Waals surface area contributed by atoms with E-state index in [1.165, 1.54) is 24.0 Å². The molecule has 4 nitrogen and oxygen atoms in total. The summed E-state index contributed by atoms with van der Waals surface area (Å²) in [6.45, 7) is 4.77. The summed E-state index contributed by atoms with van der Waals surface area (Å²) in [5.74, 6) is 0.389. The van der Waals surface area contributed by atoms with Crippen molar-refractivity contribution < 1.29 is 9.53 Å². The van der Waals surface area contributed by atoms with Crippen LogP contribution in [0.25, 0.3) is 0 Å². The highest BCUT2D eigenvalue weighted by Gasteiger charge is 2.24. The predicted octanol–water partition coefficient (Wildman–Crippen LogP) is 3.98. The summed E-state index contributed by atoms with van der Waals surface area (Å²) in [5, 5.41) is 3.52. The quantitative estimate of drug-likeness (QED) is 0.799. The topological polar surface area (TPSA) is 41.6 Å². The van der Waals surface area contributed by atoms with E-state index in [9.17, 15) is 4.79 Å². The van der Waals surface area contributed by atoms with Gasteiger partial charge in [-0.1, -0.05) is 53.6 Å². The van der Waals surface area contributed by atoms with Crippen LogP contribution in [0.15, 0.2) is 48.5 Å². The monoisotopic (exact) mass is 372 g/mol. The summed E-state index contributed by atoms with van der Waals surface area (Å²) in [6.07, 6.45) is 2.43. The molecule has 0 aliphatic carbocycles. The molecule has 0 aromatic heterocycles. The Kier molecular flexibility index (Phi) is 6.53. The van der Waals surface area contributed by atoms with Crippen molar-refractivity contribution in [1.82, 2.24) is 10.2 Å². The average molecular weight is 373 g/mol. The van der Waals surface area contributed by atoms with Gasteiger partial charge >= 0.3 is 0 Å². The molecule has 1 atom stereocenters. The first-order chi connectivity index (χ1) is 12.6.